The Bertz CT molecular complexity index is 735. The first-order chi connectivity index (χ1) is 12.8. The topological polar surface area (TPSA) is 48.0 Å². The average molecular weight is 371 g/mol. The average Bonchev–Trinajstić information content (AvgIpc) is 2.65. The molecule has 0 bridgehead atoms. The number of carbonyl (C=O) groups is 1. The zero-order valence-electron chi connectivity index (χ0n) is 16.8. The van der Waals surface area contributed by atoms with Gasteiger partial charge in [-0.2, -0.15) is 0 Å². The van der Waals surface area contributed by atoms with Crippen LogP contribution in [0.1, 0.15) is 33.3 Å². The van der Waals surface area contributed by atoms with Crippen LogP contribution in [0.4, 0.5) is 10.5 Å². The lowest BCUT2D eigenvalue weighted by atomic mass is 9.87. The van der Waals surface area contributed by atoms with Crippen LogP contribution in [0.25, 0.3) is 0 Å². The van der Waals surface area contributed by atoms with E-state index < -0.39 is 6.16 Å². The number of methoxy groups -OCH3 is 1. The summed E-state index contributed by atoms with van der Waals surface area (Å²) in [7, 11) is 1.64. The predicted octanol–water partition coefficient (Wildman–Crippen LogP) is 5.03. The van der Waals surface area contributed by atoms with Gasteiger partial charge in [0.25, 0.3) is 0 Å². The second-order valence-corrected chi connectivity index (χ2v) is 7.26. The number of likely N-dealkylation sites (N-methyl/N-ethyl adjacent to an activating group) is 1. The van der Waals surface area contributed by atoms with Gasteiger partial charge in [-0.3, -0.25) is 0 Å². The maximum absolute atomic E-state index is 11.9. The summed E-state index contributed by atoms with van der Waals surface area (Å²) >= 11 is 0. The van der Waals surface area contributed by atoms with Gasteiger partial charge in [-0.05, 0) is 42.2 Å². The molecule has 0 aliphatic rings. The molecule has 0 unspecified atom stereocenters. The molecule has 0 saturated carbocycles. The van der Waals surface area contributed by atoms with Gasteiger partial charge in [-0.15, -0.1) is 0 Å². The molecule has 0 aromatic heterocycles. The molecular formula is C22H29NO4. The molecule has 0 amide bonds. The van der Waals surface area contributed by atoms with Crippen molar-refractivity contribution in [3.05, 3.63) is 54.1 Å². The van der Waals surface area contributed by atoms with Crippen LogP contribution in [-0.4, -0.2) is 33.0 Å². The standard InChI is InChI=1S/C22H29NO4/c1-6-23(18-8-7-9-20(16-18)25-5)14-15-26-21(24)27-19-12-10-17(11-13-19)22(2,3)4/h7-13,16H,6,14-15H2,1-5H3. The molecule has 0 spiro atoms. The lowest BCUT2D eigenvalue weighted by Crippen LogP contribution is -2.28. The van der Waals surface area contributed by atoms with E-state index in [4.69, 9.17) is 14.2 Å². The van der Waals surface area contributed by atoms with Gasteiger partial charge in [0.1, 0.15) is 18.1 Å². The Morgan fingerprint density at radius 2 is 1.74 bits per heavy atom. The Morgan fingerprint density at radius 3 is 2.33 bits per heavy atom. The highest BCUT2D eigenvalue weighted by Crippen LogP contribution is 2.24. The van der Waals surface area contributed by atoms with E-state index in [-0.39, 0.29) is 12.0 Å². The molecule has 2 rings (SSSR count). The highest BCUT2D eigenvalue weighted by Gasteiger charge is 2.14. The van der Waals surface area contributed by atoms with Crippen LogP contribution in [0.5, 0.6) is 11.5 Å². The van der Waals surface area contributed by atoms with Crippen molar-refractivity contribution in [2.24, 2.45) is 0 Å². The number of anilines is 1. The summed E-state index contributed by atoms with van der Waals surface area (Å²) in [6.07, 6.45) is -0.694. The largest absolute Gasteiger partial charge is 0.513 e. The molecule has 0 heterocycles. The lowest BCUT2D eigenvalue weighted by molar-refractivity contribution is 0.101. The third-order valence-electron chi connectivity index (χ3n) is 4.30. The van der Waals surface area contributed by atoms with E-state index in [0.29, 0.717) is 12.3 Å². The van der Waals surface area contributed by atoms with Crippen molar-refractivity contribution in [1.82, 2.24) is 0 Å². The quantitative estimate of drug-likeness (QED) is 0.504. The van der Waals surface area contributed by atoms with Gasteiger partial charge in [-0.1, -0.05) is 39.0 Å². The van der Waals surface area contributed by atoms with Crippen LogP contribution in [-0.2, 0) is 10.2 Å². The van der Waals surface area contributed by atoms with Gasteiger partial charge in [0.15, 0.2) is 0 Å². The fourth-order valence-electron chi connectivity index (χ4n) is 2.66. The van der Waals surface area contributed by atoms with Crippen LogP contribution in [0, 0.1) is 0 Å². The molecule has 146 valence electrons. The number of carbonyl (C=O) groups excluding carboxylic acids is 1. The molecular weight excluding hydrogens is 342 g/mol. The van der Waals surface area contributed by atoms with Crippen molar-refractivity contribution in [2.75, 3.05) is 31.7 Å². The van der Waals surface area contributed by atoms with Crippen LogP contribution in [0.2, 0.25) is 0 Å². The minimum atomic E-state index is -0.694. The van der Waals surface area contributed by atoms with Crippen LogP contribution in [0.3, 0.4) is 0 Å². The van der Waals surface area contributed by atoms with Crippen molar-refractivity contribution < 1.29 is 19.0 Å². The highest BCUT2D eigenvalue weighted by molar-refractivity contribution is 5.64. The maximum atomic E-state index is 11.9. The third-order valence-corrected chi connectivity index (χ3v) is 4.30. The second kappa shape index (κ2) is 9.31. The summed E-state index contributed by atoms with van der Waals surface area (Å²) in [6, 6.07) is 15.3. The zero-order chi connectivity index (χ0) is 19.9. The highest BCUT2D eigenvalue weighted by atomic mass is 16.7. The normalized spacial score (nSPS) is 11.0. The van der Waals surface area contributed by atoms with Crippen LogP contribution >= 0.6 is 0 Å². The van der Waals surface area contributed by atoms with E-state index in [0.717, 1.165) is 18.0 Å². The van der Waals surface area contributed by atoms with Crippen molar-refractivity contribution in [3.8, 4) is 11.5 Å². The van der Waals surface area contributed by atoms with Gasteiger partial charge in [0.05, 0.1) is 13.7 Å². The maximum Gasteiger partial charge on any atom is 0.513 e. The number of rotatable bonds is 7. The SMILES string of the molecule is CCN(CCOC(=O)Oc1ccc(C(C)(C)C)cc1)c1cccc(OC)c1. The van der Waals surface area contributed by atoms with Gasteiger partial charge < -0.3 is 19.1 Å². The van der Waals surface area contributed by atoms with Gasteiger partial charge in [-0.25, -0.2) is 4.79 Å². The summed E-state index contributed by atoms with van der Waals surface area (Å²) in [6.45, 7) is 10.1. The Kier molecular flexibility index (Phi) is 7.11. The molecule has 27 heavy (non-hydrogen) atoms. The first kappa shape index (κ1) is 20.6. The first-order valence-electron chi connectivity index (χ1n) is 9.17. The molecule has 0 N–H and O–H groups in total. The van der Waals surface area contributed by atoms with Gasteiger partial charge >= 0.3 is 6.16 Å². The first-order valence-corrected chi connectivity index (χ1v) is 9.17. The van der Waals surface area contributed by atoms with Crippen LogP contribution in [0.15, 0.2) is 48.5 Å². The summed E-state index contributed by atoms with van der Waals surface area (Å²) in [4.78, 5) is 14.0. The summed E-state index contributed by atoms with van der Waals surface area (Å²) in [5, 5.41) is 0. The van der Waals surface area contributed by atoms with Crippen LogP contribution < -0.4 is 14.4 Å². The van der Waals surface area contributed by atoms with E-state index in [2.05, 4.69) is 32.6 Å². The van der Waals surface area contributed by atoms with Crippen molar-refractivity contribution in [2.45, 2.75) is 33.1 Å². The van der Waals surface area contributed by atoms with Crippen molar-refractivity contribution in [3.63, 3.8) is 0 Å². The molecule has 2 aromatic carbocycles. The molecule has 0 aliphatic carbocycles. The van der Waals surface area contributed by atoms with Crippen molar-refractivity contribution >= 4 is 11.8 Å². The molecule has 0 radical (unpaired) electrons. The molecule has 0 fully saturated rings. The predicted molar refractivity (Wildman–Crippen MR) is 108 cm³/mol. The molecule has 5 nitrogen and oxygen atoms in total. The molecule has 2 aromatic rings. The van der Waals surface area contributed by atoms with Gasteiger partial charge in [0.2, 0.25) is 0 Å². The fraction of sp³-hybridized carbons (Fsp3) is 0.409. The van der Waals surface area contributed by atoms with E-state index >= 15 is 0 Å². The number of benzene rings is 2. The Labute approximate surface area is 161 Å². The Morgan fingerprint density at radius 1 is 1.04 bits per heavy atom. The minimum Gasteiger partial charge on any atom is -0.497 e. The molecule has 0 aliphatic heterocycles. The van der Waals surface area contributed by atoms with E-state index in [1.54, 1.807) is 19.2 Å². The van der Waals surface area contributed by atoms with E-state index in [1.165, 1.54) is 5.56 Å². The summed E-state index contributed by atoms with van der Waals surface area (Å²) in [5.41, 5.74) is 2.26. The minimum absolute atomic E-state index is 0.0583. The number of ether oxygens (including phenoxy) is 3. The smallest absolute Gasteiger partial charge is 0.497 e. The van der Waals surface area contributed by atoms with E-state index in [9.17, 15) is 4.79 Å². The monoisotopic (exact) mass is 371 g/mol. The Balaban J connectivity index is 1.84. The zero-order valence-corrected chi connectivity index (χ0v) is 16.8. The van der Waals surface area contributed by atoms with E-state index in [1.807, 2.05) is 36.4 Å². The molecule has 0 atom stereocenters. The second-order valence-electron chi connectivity index (χ2n) is 7.26. The summed E-state index contributed by atoms with van der Waals surface area (Å²) < 4.78 is 15.7. The van der Waals surface area contributed by atoms with Gasteiger partial charge in [0, 0.05) is 18.3 Å². The molecule has 0 saturated heterocycles. The lowest BCUT2D eigenvalue weighted by Gasteiger charge is -2.23. The Hall–Kier alpha value is -2.69. The summed E-state index contributed by atoms with van der Waals surface area (Å²) in [5.74, 6) is 1.28. The number of hydrogen-bond donors (Lipinski definition) is 0. The fourth-order valence-corrected chi connectivity index (χ4v) is 2.66. The third kappa shape index (κ3) is 6.20. The number of nitrogens with zero attached hydrogens (tertiary/aromatic N) is 1. The number of hydrogen-bond acceptors (Lipinski definition) is 5. The molecule has 5 heteroatoms. The van der Waals surface area contributed by atoms with Crippen molar-refractivity contribution in [1.29, 1.82) is 0 Å².